The van der Waals surface area contributed by atoms with Crippen LogP contribution in [0.15, 0.2) is 48.5 Å². The van der Waals surface area contributed by atoms with Crippen molar-refractivity contribution in [2.24, 2.45) is 0 Å². The molecule has 2 aromatic carbocycles. The van der Waals surface area contributed by atoms with Gasteiger partial charge < -0.3 is 10.6 Å². The van der Waals surface area contributed by atoms with Crippen molar-refractivity contribution in [1.82, 2.24) is 4.90 Å². The topological polar surface area (TPSA) is 46.3 Å². The van der Waals surface area contributed by atoms with Gasteiger partial charge in [0.05, 0.1) is 0 Å². The summed E-state index contributed by atoms with van der Waals surface area (Å²) in [4.78, 5) is 13.9. The first-order valence-electron chi connectivity index (χ1n) is 7.83. The Hall–Kier alpha value is -2.29. The van der Waals surface area contributed by atoms with E-state index in [9.17, 15) is 4.79 Å². The first kappa shape index (κ1) is 17.8. The summed E-state index contributed by atoms with van der Waals surface area (Å²) < 4.78 is 0. The maximum Gasteiger partial charge on any atom is 0.253 e. The van der Waals surface area contributed by atoms with Crippen LogP contribution in [0.1, 0.15) is 37.6 Å². The molecule has 1 amide bonds. The Labute approximate surface area is 133 Å². The third kappa shape index (κ3) is 4.62. The van der Waals surface area contributed by atoms with E-state index in [2.05, 4.69) is 6.92 Å². The molecule has 0 aliphatic carbocycles. The molecule has 2 aromatic rings. The van der Waals surface area contributed by atoms with Gasteiger partial charge in [0, 0.05) is 24.8 Å². The molecular formula is C19H26N2O. The third-order valence-corrected chi connectivity index (χ3v) is 3.28. The van der Waals surface area contributed by atoms with E-state index in [-0.39, 0.29) is 5.91 Å². The molecule has 118 valence electrons. The summed E-state index contributed by atoms with van der Waals surface area (Å²) in [5.41, 5.74) is 9.33. The minimum Gasteiger partial charge on any atom is -0.399 e. The Morgan fingerprint density at radius 1 is 0.955 bits per heavy atom. The molecule has 0 atom stereocenters. The first-order chi connectivity index (χ1) is 10.6. The monoisotopic (exact) mass is 298 g/mol. The highest BCUT2D eigenvalue weighted by atomic mass is 16.2. The molecule has 22 heavy (non-hydrogen) atoms. The minimum absolute atomic E-state index is 0.0655. The number of rotatable bonds is 4. The van der Waals surface area contributed by atoms with Crippen molar-refractivity contribution in [3.05, 3.63) is 54.1 Å². The van der Waals surface area contributed by atoms with Crippen molar-refractivity contribution in [3.63, 3.8) is 0 Å². The molecule has 0 saturated heterocycles. The van der Waals surface area contributed by atoms with E-state index in [1.54, 1.807) is 4.90 Å². The number of nitrogens with zero attached hydrogens (tertiary/aromatic N) is 1. The van der Waals surface area contributed by atoms with Gasteiger partial charge in [0.1, 0.15) is 0 Å². The molecule has 2 rings (SSSR count). The Morgan fingerprint density at radius 3 is 1.86 bits per heavy atom. The van der Waals surface area contributed by atoms with Gasteiger partial charge in [-0.15, -0.1) is 0 Å². The first-order valence-corrected chi connectivity index (χ1v) is 7.83. The van der Waals surface area contributed by atoms with Crippen LogP contribution >= 0.6 is 0 Å². The van der Waals surface area contributed by atoms with Crippen molar-refractivity contribution in [2.75, 3.05) is 19.3 Å². The smallest absolute Gasteiger partial charge is 0.253 e. The van der Waals surface area contributed by atoms with Crippen LogP contribution in [0.25, 0.3) is 11.1 Å². The zero-order valence-corrected chi connectivity index (χ0v) is 14.0. The van der Waals surface area contributed by atoms with Crippen molar-refractivity contribution >= 4 is 11.6 Å². The molecule has 0 aromatic heterocycles. The van der Waals surface area contributed by atoms with Gasteiger partial charge in [-0.05, 0) is 41.8 Å². The van der Waals surface area contributed by atoms with E-state index in [1.807, 2.05) is 69.4 Å². The zero-order valence-electron chi connectivity index (χ0n) is 14.0. The van der Waals surface area contributed by atoms with Gasteiger partial charge in [-0.2, -0.15) is 0 Å². The van der Waals surface area contributed by atoms with E-state index in [0.29, 0.717) is 0 Å². The fourth-order valence-electron chi connectivity index (χ4n) is 2.14. The third-order valence-electron chi connectivity index (χ3n) is 3.28. The van der Waals surface area contributed by atoms with Crippen LogP contribution in [0, 0.1) is 0 Å². The summed E-state index contributed by atoms with van der Waals surface area (Å²) in [5, 5.41) is 0. The second-order valence-corrected chi connectivity index (χ2v) is 4.93. The molecule has 0 aliphatic rings. The van der Waals surface area contributed by atoms with Crippen LogP contribution in [0.3, 0.4) is 0 Å². The molecule has 0 radical (unpaired) electrons. The lowest BCUT2D eigenvalue weighted by Crippen LogP contribution is -2.27. The number of nitrogens with two attached hydrogens (primary N) is 1. The van der Waals surface area contributed by atoms with Crippen LogP contribution in [0.4, 0.5) is 5.69 Å². The van der Waals surface area contributed by atoms with Gasteiger partial charge in [0.25, 0.3) is 5.91 Å². The summed E-state index contributed by atoms with van der Waals surface area (Å²) in [5.74, 6) is 0.0655. The normalized spacial score (nSPS) is 9.64. The van der Waals surface area contributed by atoms with E-state index in [1.165, 1.54) is 0 Å². The van der Waals surface area contributed by atoms with E-state index in [0.717, 1.165) is 35.3 Å². The standard InChI is InChI=1S/C17H20N2O.C2H6/c1-3-12-19(2)17(20)15-6-4-13(5-7-15)14-8-10-16(18)11-9-14;1-2/h4-11H,3,12,18H2,1-2H3;1-2H3. The van der Waals surface area contributed by atoms with Crippen LogP contribution in [0.2, 0.25) is 0 Å². The van der Waals surface area contributed by atoms with Crippen molar-refractivity contribution < 1.29 is 4.79 Å². The summed E-state index contributed by atoms with van der Waals surface area (Å²) >= 11 is 0. The predicted octanol–water partition coefficient (Wildman–Crippen LogP) is 4.44. The van der Waals surface area contributed by atoms with Gasteiger partial charge in [-0.25, -0.2) is 0 Å². The summed E-state index contributed by atoms with van der Waals surface area (Å²) in [6.45, 7) is 6.84. The lowest BCUT2D eigenvalue weighted by atomic mass is 10.0. The summed E-state index contributed by atoms with van der Waals surface area (Å²) in [6.07, 6.45) is 0.964. The number of benzene rings is 2. The highest BCUT2D eigenvalue weighted by Gasteiger charge is 2.10. The Balaban J connectivity index is 0.00000116. The number of anilines is 1. The second kappa shape index (κ2) is 8.88. The van der Waals surface area contributed by atoms with Gasteiger partial charge in [0.2, 0.25) is 0 Å². The molecule has 0 unspecified atom stereocenters. The fourth-order valence-corrected chi connectivity index (χ4v) is 2.14. The maximum absolute atomic E-state index is 12.1. The molecular weight excluding hydrogens is 272 g/mol. The molecule has 2 N–H and O–H groups in total. The number of nitrogen functional groups attached to an aromatic ring is 1. The fraction of sp³-hybridized carbons (Fsp3) is 0.316. The highest BCUT2D eigenvalue weighted by molar-refractivity contribution is 5.94. The number of hydrogen-bond acceptors (Lipinski definition) is 2. The lowest BCUT2D eigenvalue weighted by Gasteiger charge is -2.16. The van der Waals surface area contributed by atoms with Crippen molar-refractivity contribution in [2.45, 2.75) is 27.2 Å². The van der Waals surface area contributed by atoms with E-state index >= 15 is 0 Å². The second-order valence-electron chi connectivity index (χ2n) is 4.93. The molecule has 0 saturated carbocycles. The molecule has 3 heteroatoms. The van der Waals surface area contributed by atoms with Gasteiger partial charge in [-0.1, -0.05) is 45.0 Å². The molecule has 0 aliphatic heterocycles. The molecule has 0 spiro atoms. The SMILES string of the molecule is CC.CCCN(C)C(=O)c1ccc(-c2ccc(N)cc2)cc1. The van der Waals surface area contributed by atoms with Gasteiger partial charge >= 0.3 is 0 Å². The molecule has 0 bridgehead atoms. The largest absolute Gasteiger partial charge is 0.399 e. The number of carbonyl (C=O) groups excluding carboxylic acids is 1. The van der Waals surface area contributed by atoms with E-state index < -0.39 is 0 Å². The Kier molecular flexibility index (Phi) is 7.17. The van der Waals surface area contributed by atoms with E-state index in [4.69, 9.17) is 5.73 Å². The number of amides is 1. The lowest BCUT2D eigenvalue weighted by molar-refractivity contribution is 0.0795. The average molecular weight is 298 g/mol. The Bertz CT molecular complexity index is 573. The average Bonchev–Trinajstić information content (AvgIpc) is 2.57. The minimum atomic E-state index is 0.0655. The Morgan fingerprint density at radius 2 is 1.41 bits per heavy atom. The van der Waals surface area contributed by atoms with Crippen LogP contribution in [-0.4, -0.2) is 24.4 Å². The van der Waals surface area contributed by atoms with Crippen LogP contribution in [0.5, 0.6) is 0 Å². The highest BCUT2D eigenvalue weighted by Crippen LogP contribution is 2.21. The molecule has 3 nitrogen and oxygen atoms in total. The summed E-state index contributed by atoms with van der Waals surface area (Å²) in [7, 11) is 1.83. The van der Waals surface area contributed by atoms with Crippen molar-refractivity contribution in [3.8, 4) is 11.1 Å². The van der Waals surface area contributed by atoms with Gasteiger partial charge in [-0.3, -0.25) is 4.79 Å². The van der Waals surface area contributed by atoms with Gasteiger partial charge in [0.15, 0.2) is 0 Å². The van der Waals surface area contributed by atoms with Crippen molar-refractivity contribution in [1.29, 1.82) is 0 Å². The number of carbonyl (C=O) groups is 1. The zero-order chi connectivity index (χ0) is 16.5. The molecule has 0 heterocycles. The molecule has 0 fully saturated rings. The quantitative estimate of drug-likeness (QED) is 0.848. The summed E-state index contributed by atoms with van der Waals surface area (Å²) in [6, 6.07) is 15.4. The maximum atomic E-state index is 12.1. The van der Waals surface area contributed by atoms with Crippen LogP contribution < -0.4 is 5.73 Å². The predicted molar refractivity (Wildman–Crippen MR) is 94.9 cm³/mol. The van der Waals surface area contributed by atoms with Crippen LogP contribution in [-0.2, 0) is 0 Å². The number of hydrogen-bond donors (Lipinski definition) is 1.